The Bertz CT molecular complexity index is 824. The van der Waals surface area contributed by atoms with Gasteiger partial charge in [-0.3, -0.25) is 34.6 Å². The first-order chi connectivity index (χ1) is 10.7. The SMILES string of the molecule is O=CC(=O)C1NC(S(=O)(=O)O)N=CC1=Cc1ccc([N+](=O)[O-])s1. The van der Waals surface area contributed by atoms with Crippen LogP contribution in [-0.4, -0.2) is 47.7 Å². The predicted octanol–water partition coefficient (Wildman–Crippen LogP) is 0.0217. The summed E-state index contributed by atoms with van der Waals surface area (Å²) in [7, 11) is -4.60. The number of hydrogen-bond acceptors (Lipinski definition) is 9. The van der Waals surface area contributed by atoms with E-state index in [1.54, 1.807) is 0 Å². The molecule has 122 valence electrons. The van der Waals surface area contributed by atoms with Gasteiger partial charge in [0.25, 0.3) is 0 Å². The fraction of sp³-hybridized carbons (Fsp3) is 0.182. The summed E-state index contributed by atoms with van der Waals surface area (Å²) >= 11 is 0.830. The molecule has 0 aliphatic carbocycles. The van der Waals surface area contributed by atoms with E-state index in [4.69, 9.17) is 4.55 Å². The number of rotatable bonds is 5. The average Bonchev–Trinajstić information content (AvgIpc) is 2.94. The molecule has 0 spiro atoms. The number of thiophene rings is 1. The number of nitrogens with zero attached hydrogens (tertiary/aromatic N) is 2. The molecule has 0 saturated carbocycles. The molecule has 2 unspecified atom stereocenters. The summed E-state index contributed by atoms with van der Waals surface area (Å²) in [5.41, 5.74) is -1.63. The van der Waals surface area contributed by atoms with Crippen molar-refractivity contribution in [2.75, 3.05) is 0 Å². The fourth-order valence-corrected chi connectivity index (χ4v) is 3.10. The summed E-state index contributed by atoms with van der Waals surface area (Å²) in [4.78, 5) is 36.3. The molecule has 2 rings (SSSR count). The predicted molar refractivity (Wildman–Crippen MR) is 80.8 cm³/mol. The number of hydrogen-bond donors (Lipinski definition) is 2. The average molecular weight is 359 g/mol. The number of nitro groups is 1. The minimum absolute atomic E-state index is 0.00257. The van der Waals surface area contributed by atoms with Gasteiger partial charge < -0.3 is 0 Å². The van der Waals surface area contributed by atoms with Gasteiger partial charge in [0.2, 0.25) is 11.3 Å². The van der Waals surface area contributed by atoms with Crippen LogP contribution in [0.1, 0.15) is 4.88 Å². The molecule has 0 amide bonds. The third-order valence-corrected chi connectivity index (χ3v) is 4.59. The molecular formula is C11H9N3O7S2. The molecule has 1 aromatic rings. The van der Waals surface area contributed by atoms with E-state index >= 15 is 0 Å². The second-order valence-electron chi connectivity index (χ2n) is 4.34. The molecule has 2 heterocycles. The highest BCUT2D eigenvalue weighted by Gasteiger charge is 2.33. The Kier molecular flexibility index (Phi) is 4.79. The van der Waals surface area contributed by atoms with Gasteiger partial charge in [-0.25, -0.2) is 0 Å². The zero-order valence-corrected chi connectivity index (χ0v) is 12.8. The van der Waals surface area contributed by atoms with E-state index in [1.807, 2.05) is 0 Å². The van der Waals surface area contributed by atoms with Gasteiger partial charge in [-0.2, -0.15) is 8.42 Å². The number of Topliss-reactive ketones (excluding diaryl/α,β-unsaturated/α-hetero) is 1. The van der Waals surface area contributed by atoms with Gasteiger partial charge in [0.05, 0.1) is 4.92 Å². The van der Waals surface area contributed by atoms with Crippen molar-refractivity contribution >= 4 is 50.8 Å². The number of carbonyl (C=O) groups is 2. The second-order valence-corrected chi connectivity index (χ2v) is 6.91. The Morgan fingerprint density at radius 3 is 2.70 bits per heavy atom. The molecule has 23 heavy (non-hydrogen) atoms. The van der Waals surface area contributed by atoms with Gasteiger partial charge in [0.15, 0.2) is 6.29 Å². The highest BCUT2D eigenvalue weighted by atomic mass is 32.2. The van der Waals surface area contributed by atoms with Crippen LogP contribution >= 0.6 is 11.3 Å². The van der Waals surface area contributed by atoms with Crippen molar-refractivity contribution in [2.45, 2.75) is 11.5 Å². The lowest BCUT2D eigenvalue weighted by atomic mass is 10.0. The smallest absolute Gasteiger partial charge is 0.295 e. The molecule has 12 heteroatoms. The van der Waals surface area contributed by atoms with Crippen LogP contribution < -0.4 is 5.32 Å². The first-order valence-corrected chi connectivity index (χ1v) is 8.24. The van der Waals surface area contributed by atoms with Gasteiger partial charge in [-0.05, 0) is 17.7 Å². The molecule has 10 nitrogen and oxygen atoms in total. The zero-order chi connectivity index (χ0) is 17.2. The van der Waals surface area contributed by atoms with Gasteiger partial charge in [-0.1, -0.05) is 11.3 Å². The van der Waals surface area contributed by atoms with E-state index in [-0.39, 0.29) is 16.9 Å². The van der Waals surface area contributed by atoms with Crippen molar-refractivity contribution in [3.8, 4) is 0 Å². The Balaban J connectivity index is 2.40. The van der Waals surface area contributed by atoms with Gasteiger partial charge >= 0.3 is 15.1 Å². The monoisotopic (exact) mass is 359 g/mol. The number of aliphatic imine (C=N–C) groups is 1. The normalized spacial score (nSPS) is 22.9. The Hall–Kier alpha value is -2.28. The van der Waals surface area contributed by atoms with E-state index in [9.17, 15) is 28.1 Å². The van der Waals surface area contributed by atoms with Crippen LogP contribution in [0.15, 0.2) is 22.7 Å². The van der Waals surface area contributed by atoms with Gasteiger partial charge in [0.1, 0.15) is 6.04 Å². The van der Waals surface area contributed by atoms with Crippen LogP contribution in [0.5, 0.6) is 0 Å². The Labute approximate surface area is 133 Å². The van der Waals surface area contributed by atoms with Gasteiger partial charge in [-0.15, -0.1) is 0 Å². The number of ketones is 1. The first-order valence-electron chi connectivity index (χ1n) is 5.92. The van der Waals surface area contributed by atoms with Crippen LogP contribution in [0.4, 0.5) is 5.00 Å². The summed E-state index contributed by atoms with van der Waals surface area (Å²) in [6.45, 7) is 0. The first kappa shape index (κ1) is 17.1. The van der Waals surface area contributed by atoms with E-state index in [1.165, 1.54) is 18.2 Å². The maximum absolute atomic E-state index is 11.6. The lowest BCUT2D eigenvalue weighted by molar-refractivity contribution is -0.380. The lowest BCUT2D eigenvalue weighted by Gasteiger charge is -2.24. The molecule has 1 aromatic heterocycles. The third kappa shape index (κ3) is 3.92. The third-order valence-electron chi connectivity index (χ3n) is 2.79. The van der Waals surface area contributed by atoms with Crippen LogP contribution in [0.3, 0.4) is 0 Å². The molecule has 0 saturated heterocycles. The summed E-state index contributed by atoms with van der Waals surface area (Å²) < 4.78 is 31.1. The van der Waals surface area contributed by atoms with Gasteiger partial charge in [0, 0.05) is 17.2 Å². The second kappa shape index (κ2) is 6.45. The molecule has 2 atom stereocenters. The molecule has 2 N–H and O–H groups in total. The summed E-state index contributed by atoms with van der Waals surface area (Å²) in [6.07, 6.45) is 2.38. The molecule has 0 radical (unpaired) electrons. The minimum atomic E-state index is -4.60. The van der Waals surface area contributed by atoms with Crippen molar-refractivity contribution < 1.29 is 27.5 Å². The van der Waals surface area contributed by atoms with Crippen molar-refractivity contribution in [1.82, 2.24) is 5.32 Å². The molecule has 1 aliphatic heterocycles. The van der Waals surface area contributed by atoms with E-state index < -0.39 is 32.4 Å². The summed E-state index contributed by atoms with van der Waals surface area (Å²) in [5.74, 6) is -0.970. The highest BCUT2D eigenvalue weighted by Crippen LogP contribution is 2.26. The highest BCUT2D eigenvalue weighted by molar-refractivity contribution is 7.86. The van der Waals surface area contributed by atoms with E-state index in [2.05, 4.69) is 10.3 Å². The Morgan fingerprint density at radius 2 is 2.17 bits per heavy atom. The molecule has 0 fully saturated rings. The topological polar surface area (TPSA) is 156 Å². The van der Waals surface area contributed by atoms with Crippen molar-refractivity contribution in [1.29, 1.82) is 0 Å². The van der Waals surface area contributed by atoms with Crippen molar-refractivity contribution in [3.05, 3.63) is 32.7 Å². The zero-order valence-electron chi connectivity index (χ0n) is 11.1. The molecule has 1 aliphatic rings. The van der Waals surface area contributed by atoms with Crippen LogP contribution in [-0.2, 0) is 19.7 Å². The standard InChI is InChI=1S/C11H9N3O7S2/c15-5-8(16)10-6(4-12-11(13-10)23(19,20)21)3-7-1-2-9(22-7)14(17)18/h1-5,10-11,13H,(H,19,20,21). The van der Waals surface area contributed by atoms with Crippen molar-refractivity contribution in [2.24, 2.45) is 4.99 Å². The maximum Gasteiger partial charge on any atom is 0.324 e. The quantitative estimate of drug-likeness (QED) is 0.245. The summed E-state index contributed by atoms with van der Waals surface area (Å²) in [6, 6.07) is 1.36. The molecule has 0 bridgehead atoms. The fourth-order valence-electron chi connectivity index (χ4n) is 1.79. The van der Waals surface area contributed by atoms with E-state index in [0.717, 1.165) is 17.6 Å². The van der Waals surface area contributed by atoms with Crippen molar-refractivity contribution in [3.63, 3.8) is 0 Å². The maximum atomic E-state index is 11.6. The van der Waals surface area contributed by atoms with Crippen LogP contribution in [0.25, 0.3) is 6.08 Å². The molecule has 0 aromatic carbocycles. The number of nitrogens with one attached hydrogen (secondary N) is 1. The largest absolute Gasteiger partial charge is 0.324 e. The van der Waals surface area contributed by atoms with Crippen LogP contribution in [0.2, 0.25) is 0 Å². The van der Waals surface area contributed by atoms with Crippen LogP contribution in [0, 0.1) is 10.1 Å². The minimum Gasteiger partial charge on any atom is -0.295 e. The number of aldehydes is 1. The molecular weight excluding hydrogens is 350 g/mol. The Morgan fingerprint density at radius 1 is 1.48 bits per heavy atom. The number of carbonyl (C=O) groups excluding carboxylic acids is 2. The summed E-state index contributed by atoms with van der Waals surface area (Å²) in [5, 5.41) is 12.8. The van der Waals surface area contributed by atoms with E-state index in [0.29, 0.717) is 4.88 Å². The lowest BCUT2D eigenvalue weighted by Crippen LogP contribution is -2.50.